The minimum atomic E-state index is -0.587. The van der Waals surface area contributed by atoms with E-state index in [1.807, 2.05) is 78.2 Å². The maximum absolute atomic E-state index is 12.5. The van der Waals surface area contributed by atoms with Crippen molar-refractivity contribution in [3.63, 3.8) is 0 Å². The Hall–Kier alpha value is -3.43. The van der Waals surface area contributed by atoms with Crippen molar-refractivity contribution in [3.8, 4) is 17.1 Å². The molecule has 0 atom stereocenters. The summed E-state index contributed by atoms with van der Waals surface area (Å²) in [6.07, 6.45) is 0. The first kappa shape index (κ1) is 19.9. The van der Waals surface area contributed by atoms with E-state index in [0.29, 0.717) is 5.82 Å². The van der Waals surface area contributed by atoms with Crippen molar-refractivity contribution in [1.29, 1.82) is 0 Å². The van der Waals surface area contributed by atoms with Crippen LogP contribution in [0.15, 0.2) is 82.4 Å². The Morgan fingerprint density at radius 1 is 0.933 bits per heavy atom. The largest absolute Gasteiger partial charge is 0.309 e. The lowest BCUT2D eigenvalue weighted by Crippen LogP contribution is -2.43. The molecule has 30 heavy (non-hydrogen) atoms. The quantitative estimate of drug-likeness (QED) is 0.357. The summed E-state index contributed by atoms with van der Waals surface area (Å²) in [4.78, 5) is 28.9. The van der Waals surface area contributed by atoms with E-state index in [2.05, 4.69) is 20.9 Å². The van der Waals surface area contributed by atoms with Gasteiger partial charge in [0.15, 0.2) is 5.82 Å². The summed E-state index contributed by atoms with van der Waals surface area (Å²) >= 11 is 2.96. The Balaban J connectivity index is 1.49. The summed E-state index contributed by atoms with van der Waals surface area (Å²) in [5.74, 6) is -0.207. The lowest BCUT2D eigenvalue weighted by Gasteiger charge is -2.05. The molecular weight excluding hydrogens is 418 g/mol. The second-order valence-corrected chi connectivity index (χ2v) is 8.32. The van der Waals surface area contributed by atoms with Crippen molar-refractivity contribution in [1.82, 2.24) is 25.6 Å². The van der Waals surface area contributed by atoms with E-state index in [0.717, 1.165) is 15.5 Å². The van der Waals surface area contributed by atoms with Crippen molar-refractivity contribution in [3.05, 3.63) is 84.0 Å². The summed E-state index contributed by atoms with van der Waals surface area (Å²) in [5, 5.41) is 6.31. The number of nitrogens with zero attached hydrogens (tertiary/aromatic N) is 3. The number of thiophene rings is 1. The average molecular weight is 436 g/mol. The van der Waals surface area contributed by atoms with E-state index in [1.165, 1.54) is 11.8 Å². The minimum Gasteiger partial charge on any atom is -0.272 e. The third-order valence-electron chi connectivity index (χ3n) is 4.00. The van der Waals surface area contributed by atoms with Crippen LogP contribution in [0, 0.1) is 0 Å². The first-order valence-corrected chi connectivity index (χ1v) is 10.9. The van der Waals surface area contributed by atoms with Gasteiger partial charge in [0.2, 0.25) is 11.7 Å². The first-order chi connectivity index (χ1) is 14.7. The van der Waals surface area contributed by atoms with Gasteiger partial charge in [-0.3, -0.25) is 20.4 Å². The highest BCUT2D eigenvalue weighted by Gasteiger charge is 2.19. The summed E-state index contributed by atoms with van der Waals surface area (Å²) in [6.45, 7) is 0. The number of benzene rings is 2. The van der Waals surface area contributed by atoms with Gasteiger partial charge in [0.05, 0.1) is 15.6 Å². The minimum absolute atomic E-state index is 0.0380. The van der Waals surface area contributed by atoms with Crippen molar-refractivity contribution < 1.29 is 9.59 Å². The topological polar surface area (TPSA) is 88.9 Å². The van der Waals surface area contributed by atoms with Crippen LogP contribution in [-0.2, 0) is 4.79 Å². The molecule has 2 aromatic carbocycles. The molecule has 7 nitrogen and oxygen atoms in total. The predicted molar refractivity (Wildman–Crippen MR) is 117 cm³/mol. The Morgan fingerprint density at radius 3 is 2.37 bits per heavy atom. The monoisotopic (exact) mass is 435 g/mol. The molecule has 2 N–H and O–H groups in total. The Bertz CT molecular complexity index is 1070. The zero-order chi connectivity index (χ0) is 20.8. The van der Waals surface area contributed by atoms with E-state index < -0.39 is 5.91 Å². The third-order valence-corrected chi connectivity index (χ3v) is 6.13. The fourth-order valence-electron chi connectivity index (χ4n) is 2.63. The lowest BCUT2D eigenvalue weighted by atomic mass is 10.2. The molecule has 4 rings (SSSR count). The summed E-state index contributed by atoms with van der Waals surface area (Å²) in [7, 11) is 0. The average Bonchev–Trinajstić information content (AvgIpc) is 3.47. The maximum atomic E-state index is 12.5. The molecule has 2 aromatic heterocycles. The number of aromatic nitrogens is 3. The Labute approximate surface area is 181 Å². The van der Waals surface area contributed by atoms with Gasteiger partial charge < -0.3 is 0 Å². The van der Waals surface area contributed by atoms with E-state index in [9.17, 15) is 9.59 Å². The Kier molecular flexibility index (Phi) is 6.21. The molecule has 0 aliphatic heterocycles. The molecule has 0 unspecified atom stereocenters. The molecule has 9 heteroatoms. The third kappa shape index (κ3) is 4.76. The number of carbonyl (C=O) groups is 2. The molecule has 0 saturated carbocycles. The normalized spacial score (nSPS) is 10.5. The number of thioether (sulfide) groups is 1. The molecule has 4 aromatic rings. The highest BCUT2D eigenvalue weighted by atomic mass is 32.2. The highest BCUT2D eigenvalue weighted by molar-refractivity contribution is 8.01. The van der Waals surface area contributed by atoms with Crippen molar-refractivity contribution in [2.75, 3.05) is 5.75 Å². The van der Waals surface area contributed by atoms with Crippen LogP contribution in [0.25, 0.3) is 17.1 Å². The van der Waals surface area contributed by atoms with Gasteiger partial charge in [0.1, 0.15) is 0 Å². The highest BCUT2D eigenvalue weighted by Crippen LogP contribution is 2.23. The van der Waals surface area contributed by atoms with E-state index in [1.54, 1.807) is 16.0 Å². The molecule has 0 bridgehead atoms. The summed E-state index contributed by atoms with van der Waals surface area (Å²) < 4.78 is 2.64. The fourth-order valence-corrected chi connectivity index (χ4v) is 4.22. The second kappa shape index (κ2) is 9.38. The van der Waals surface area contributed by atoms with Crippen LogP contribution >= 0.6 is 23.1 Å². The molecule has 2 amide bonds. The van der Waals surface area contributed by atoms with Crippen LogP contribution in [0.3, 0.4) is 0 Å². The number of hydrogen-bond acceptors (Lipinski definition) is 6. The van der Waals surface area contributed by atoms with Crippen LogP contribution in [0.5, 0.6) is 0 Å². The van der Waals surface area contributed by atoms with E-state index >= 15 is 0 Å². The van der Waals surface area contributed by atoms with Gasteiger partial charge in [-0.15, -0.1) is 28.2 Å². The maximum Gasteiger partial charge on any atom is 0.309 e. The number of carbonyl (C=O) groups excluding carboxylic acids is 2. The van der Waals surface area contributed by atoms with E-state index in [-0.39, 0.29) is 17.5 Å². The molecule has 0 aliphatic rings. The zero-order valence-electron chi connectivity index (χ0n) is 15.7. The van der Waals surface area contributed by atoms with Crippen molar-refractivity contribution in [2.45, 2.75) is 4.21 Å². The molecule has 0 spiro atoms. The van der Waals surface area contributed by atoms with Gasteiger partial charge in [-0.1, -0.05) is 54.6 Å². The number of nitrogens with one attached hydrogen (secondary N) is 2. The van der Waals surface area contributed by atoms with Crippen LogP contribution in [0.2, 0.25) is 0 Å². The molecule has 150 valence electrons. The van der Waals surface area contributed by atoms with Gasteiger partial charge in [-0.25, -0.2) is 9.67 Å². The lowest BCUT2D eigenvalue weighted by molar-refractivity contribution is -0.119. The first-order valence-electron chi connectivity index (χ1n) is 9.04. The Morgan fingerprint density at radius 2 is 1.67 bits per heavy atom. The number of hydrogen-bond donors (Lipinski definition) is 2. The number of amides is 2. The van der Waals surface area contributed by atoms with E-state index in [4.69, 9.17) is 0 Å². The van der Waals surface area contributed by atoms with Crippen LogP contribution < -0.4 is 10.9 Å². The van der Waals surface area contributed by atoms with Gasteiger partial charge in [-0.05, 0) is 23.6 Å². The van der Waals surface area contributed by atoms with Crippen LogP contribution in [-0.4, -0.2) is 32.3 Å². The number of rotatable bonds is 6. The van der Waals surface area contributed by atoms with Crippen molar-refractivity contribution in [2.24, 2.45) is 0 Å². The number of hydrazine groups is 1. The summed E-state index contributed by atoms with van der Waals surface area (Å²) in [6, 6.07) is 22.8. The van der Waals surface area contributed by atoms with Gasteiger partial charge >= 0.3 is 5.91 Å². The number of para-hydroxylation sites is 1. The fraction of sp³-hybridized carbons (Fsp3) is 0.0476. The predicted octanol–water partition coefficient (Wildman–Crippen LogP) is 3.55. The van der Waals surface area contributed by atoms with Crippen molar-refractivity contribution >= 4 is 34.9 Å². The summed E-state index contributed by atoms with van der Waals surface area (Å²) in [5.41, 5.74) is 6.39. The molecule has 2 heterocycles. The molecule has 0 saturated heterocycles. The molecule has 0 fully saturated rings. The van der Waals surface area contributed by atoms with Gasteiger partial charge in [-0.2, -0.15) is 0 Å². The zero-order valence-corrected chi connectivity index (χ0v) is 17.3. The molecule has 0 aliphatic carbocycles. The molecule has 0 radical (unpaired) electrons. The van der Waals surface area contributed by atoms with Crippen LogP contribution in [0.4, 0.5) is 0 Å². The SMILES string of the molecule is O=C(CSc1cccs1)NNC(=O)c1nc(-c2ccccc2)n(-c2ccccc2)n1. The smallest absolute Gasteiger partial charge is 0.272 e. The molecular formula is C21H17N5O2S2. The van der Waals surface area contributed by atoms with Gasteiger partial charge in [0.25, 0.3) is 0 Å². The second-order valence-electron chi connectivity index (χ2n) is 6.10. The standard InChI is InChI=1S/C21H17N5O2S2/c27-17(14-30-18-12-7-13-29-18)23-24-21(28)19-22-20(15-8-3-1-4-9-15)26(25-19)16-10-5-2-6-11-16/h1-13H,14H2,(H,23,27)(H,24,28). The van der Waals surface area contributed by atoms with Crippen LogP contribution in [0.1, 0.15) is 10.6 Å². The van der Waals surface area contributed by atoms with Gasteiger partial charge in [0, 0.05) is 5.56 Å².